The number of benzene rings is 3. The fraction of sp³-hybridized carbons (Fsp3) is 0.148. The number of aromatic nitrogens is 1. The van der Waals surface area contributed by atoms with Crippen molar-refractivity contribution in [3.63, 3.8) is 0 Å². The van der Waals surface area contributed by atoms with Gasteiger partial charge in [0.15, 0.2) is 5.13 Å². The Bertz CT molecular complexity index is 1590. The average Bonchev–Trinajstić information content (AvgIpc) is 3.45. The quantitative estimate of drug-likeness (QED) is 0.120. The molecule has 1 aromatic heterocycles. The van der Waals surface area contributed by atoms with E-state index in [9.17, 15) is 24.8 Å². The second kappa shape index (κ2) is 9.47. The van der Waals surface area contributed by atoms with Crippen molar-refractivity contribution in [2.75, 3.05) is 12.0 Å². The first-order chi connectivity index (χ1) is 17.8. The maximum absolute atomic E-state index is 13.4. The molecule has 1 amide bonds. The molecule has 9 nitrogen and oxygen atoms in total. The van der Waals surface area contributed by atoms with Crippen LogP contribution in [0.4, 0.5) is 10.8 Å². The number of rotatable bonds is 6. The van der Waals surface area contributed by atoms with Gasteiger partial charge in [0.25, 0.3) is 11.5 Å². The fourth-order valence-corrected chi connectivity index (χ4v) is 5.39. The number of fused-ring (bicyclic) bond motifs is 1. The average molecular weight is 516 g/mol. The second-order valence-corrected chi connectivity index (χ2v) is 9.41. The number of methoxy groups -OCH3 is 1. The van der Waals surface area contributed by atoms with E-state index in [0.717, 1.165) is 16.7 Å². The molecule has 0 radical (unpaired) electrons. The van der Waals surface area contributed by atoms with Gasteiger partial charge in [-0.25, -0.2) is 4.98 Å². The largest absolute Gasteiger partial charge is 0.507 e. The number of nitro benzene ring substituents is 1. The van der Waals surface area contributed by atoms with Gasteiger partial charge in [-0.05, 0) is 53.9 Å². The second-order valence-electron chi connectivity index (χ2n) is 8.40. The molecule has 186 valence electrons. The smallest absolute Gasteiger partial charge is 0.301 e. The van der Waals surface area contributed by atoms with Crippen LogP contribution < -0.4 is 9.64 Å². The maximum atomic E-state index is 13.4. The zero-order valence-corrected chi connectivity index (χ0v) is 20.7. The number of nitrogens with zero attached hydrogens (tertiary/aromatic N) is 3. The van der Waals surface area contributed by atoms with Crippen molar-refractivity contribution in [2.45, 2.75) is 19.4 Å². The lowest BCUT2D eigenvalue weighted by Gasteiger charge is -2.22. The van der Waals surface area contributed by atoms with Gasteiger partial charge < -0.3 is 9.84 Å². The highest BCUT2D eigenvalue weighted by molar-refractivity contribution is 7.22. The lowest BCUT2D eigenvalue weighted by Crippen LogP contribution is -2.29. The van der Waals surface area contributed by atoms with Gasteiger partial charge in [-0.15, -0.1) is 0 Å². The summed E-state index contributed by atoms with van der Waals surface area (Å²) in [5, 5.41) is 23.0. The molecule has 37 heavy (non-hydrogen) atoms. The molecular weight excluding hydrogens is 494 g/mol. The standard InChI is InChI=1S/C27H21N3O6S/c1-3-15-7-12-20-21(13-15)37-27(28-20)29-23(17-5-4-6-18(14-17)30(34)35)22(25(32)26(29)33)24(31)16-8-10-19(36-2)11-9-16/h4-14,23,31H,3H2,1-2H3/b24-22+. The minimum Gasteiger partial charge on any atom is -0.507 e. The van der Waals surface area contributed by atoms with E-state index in [1.54, 1.807) is 30.3 Å². The van der Waals surface area contributed by atoms with Crippen LogP contribution in [0, 0.1) is 10.1 Å². The highest BCUT2D eigenvalue weighted by Gasteiger charge is 2.48. The summed E-state index contributed by atoms with van der Waals surface area (Å²) in [7, 11) is 1.50. The van der Waals surface area contributed by atoms with Crippen molar-refractivity contribution in [2.24, 2.45) is 0 Å². The molecule has 1 N–H and O–H groups in total. The van der Waals surface area contributed by atoms with Gasteiger partial charge in [0, 0.05) is 17.7 Å². The molecule has 10 heteroatoms. The van der Waals surface area contributed by atoms with E-state index < -0.39 is 28.4 Å². The molecule has 0 saturated carbocycles. The summed E-state index contributed by atoms with van der Waals surface area (Å²) in [6.07, 6.45) is 0.823. The first-order valence-corrected chi connectivity index (χ1v) is 12.2. The topological polar surface area (TPSA) is 123 Å². The normalized spacial score (nSPS) is 16.9. The molecule has 1 fully saturated rings. The van der Waals surface area contributed by atoms with Gasteiger partial charge in [0.1, 0.15) is 11.5 Å². The molecular formula is C27H21N3O6S. The zero-order valence-electron chi connectivity index (χ0n) is 19.9. The van der Waals surface area contributed by atoms with E-state index in [1.807, 2.05) is 25.1 Å². The van der Waals surface area contributed by atoms with Crippen molar-refractivity contribution >= 4 is 49.8 Å². The molecule has 2 heterocycles. The molecule has 1 unspecified atom stereocenters. The number of ether oxygens (including phenoxy) is 1. The number of aliphatic hydroxyl groups excluding tert-OH is 1. The van der Waals surface area contributed by atoms with Crippen molar-refractivity contribution in [3.05, 3.63) is 99.1 Å². The highest BCUT2D eigenvalue weighted by Crippen LogP contribution is 2.45. The van der Waals surface area contributed by atoms with E-state index in [-0.39, 0.29) is 16.4 Å². The Morgan fingerprint density at radius 1 is 1.14 bits per heavy atom. The number of non-ortho nitro benzene ring substituents is 1. The monoisotopic (exact) mass is 515 g/mol. The predicted octanol–water partition coefficient (Wildman–Crippen LogP) is 5.40. The van der Waals surface area contributed by atoms with Gasteiger partial charge in [-0.2, -0.15) is 0 Å². The Morgan fingerprint density at radius 3 is 2.57 bits per heavy atom. The summed E-state index contributed by atoms with van der Waals surface area (Å²) in [5.74, 6) is -1.62. The number of amides is 1. The van der Waals surface area contributed by atoms with Gasteiger partial charge in [0.2, 0.25) is 0 Å². The van der Waals surface area contributed by atoms with Gasteiger partial charge in [0.05, 0.1) is 33.9 Å². The summed E-state index contributed by atoms with van der Waals surface area (Å²) < 4.78 is 6.00. The fourth-order valence-electron chi connectivity index (χ4n) is 4.34. The molecule has 0 spiro atoms. The molecule has 4 aromatic rings. The Labute approximate surface area is 215 Å². The van der Waals surface area contributed by atoms with Crippen molar-refractivity contribution in [1.82, 2.24) is 4.98 Å². The van der Waals surface area contributed by atoms with Crippen molar-refractivity contribution in [1.29, 1.82) is 0 Å². The number of Topliss-reactive ketones (excluding diaryl/α,β-unsaturated/α-hetero) is 1. The first kappa shape index (κ1) is 24.1. The van der Waals surface area contributed by atoms with Crippen LogP contribution in [-0.4, -0.2) is 33.8 Å². The van der Waals surface area contributed by atoms with Crippen LogP contribution in [0.15, 0.2) is 72.3 Å². The maximum Gasteiger partial charge on any atom is 0.301 e. The molecule has 1 atom stereocenters. The van der Waals surface area contributed by atoms with Crippen LogP contribution in [-0.2, 0) is 16.0 Å². The third kappa shape index (κ3) is 4.21. The van der Waals surface area contributed by atoms with Gasteiger partial charge >= 0.3 is 5.91 Å². The van der Waals surface area contributed by atoms with Crippen LogP contribution in [0.5, 0.6) is 5.75 Å². The summed E-state index contributed by atoms with van der Waals surface area (Å²) in [4.78, 5) is 43.5. The molecule has 1 aliphatic rings. The molecule has 5 rings (SSSR count). The lowest BCUT2D eigenvalue weighted by atomic mass is 9.95. The predicted molar refractivity (Wildman–Crippen MR) is 140 cm³/mol. The number of nitro groups is 1. The number of aryl methyl sites for hydroxylation is 1. The van der Waals surface area contributed by atoms with Gasteiger partial charge in [-0.3, -0.25) is 24.6 Å². The van der Waals surface area contributed by atoms with E-state index in [4.69, 9.17) is 4.74 Å². The number of anilines is 1. The number of hydrogen-bond acceptors (Lipinski definition) is 8. The molecule has 0 aliphatic carbocycles. The van der Waals surface area contributed by atoms with Crippen LogP contribution in [0.1, 0.15) is 29.7 Å². The van der Waals surface area contributed by atoms with Gasteiger partial charge in [-0.1, -0.05) is 36.5 Å². The summed E-state index contributed by atoms with van der Waals surface area (Å²) >= 11 is 1.24. The van der Waals surface area contributed by atoms with E-state index in [1.165, 1.54) is 41.5 Å². The van der Waals surface area contributed by atoms with Crippen LogP contribution in [0.3, 0.4) is 0 Å². The Hall–Kier alpha value is -4.57. The van der Waals surface area contributed by atoms with Crippen LogP contribution >= 0.6 is 11.3 Å². The number of carbonyl (C=O) groups is 2. The van der Waals surface area contributed by atoms with Crippen LogP contribution in [0.25, 0.3) is 16.0 Å². The number of ketones is 1. The molecule has 3 aromatic carbocycles. The number of hydrogen-bond donors (Lipinski definition) is 1. The third-order valence-electron chi connectivity index (χ3n) is 6.26. The Balaban J connectivity index is 1.72. The molecule has 1 aliphatic heterocycles. The Kier molecular flexibility index (Phi) is 6.18. The zero-order chi connectivity index (χ0) is 26.3. The number of carbonyl (C=O) groups excluding carboxylic acids is 2. The molecule has 0 bridgehead atoms. The molecule has 1 saturated heterocycles. The minimum atomic E-state index is -1.12. The van der Waals surface area contributed by atoms with Crippen molar-refractivity contribution in [3.8, 4) is 5.75 Å². The number of thiazole rings is 1. The van der Waals surface area contributed by atoms with Crippen LogP contribution in [0.2, 0.25) is 0 Å². The minimum absolute atomic E-state index is 0.177. The SMILES string of the molecule is CCc1ccc2nc(N3C(=O)C(=O)/C(=C(/O)c4ccc(OC)cc4)C3c3cccc([N+](=O)[O-])c3)sc2c1. The summed E-state index contributed by atoms with van der Waals surface area (Å²) in [5.41, 5.74) is 1.98. The third-order valence-corrected chi connectivity index (χ3v) is 7.28. The van der Waals surface area contributed by atoms with E-state index in [0.29, 0.717) is 22.4 Å². The summed E-state index contributed by atoms with van der Waals surface area (Å²) in [6, 6.07) is 16.7. The summed E-state index contributed by atoms with van der Waals surface area (Å²) in [6.45, 7) is 2.03. The Morgan fingerprint density at radius 2 is 1.89 bits per heavy atom. The van der Waals surface area contributed by atoms with Crippen molar-refractivity contribution < 1.29 is 24.4 Å². The lowest BCUT2D eigenvalue weighted by molar-refractivity contribution is -0.384. The van der Waals surface area contributed by atoms with E-state index in [2.05, 4.69) is 4.98 Å². The van der Waals surface area contributed by atoms with E-state index >= 15 is 0 Å². The highest BCUT2D eigenvalue weighted by atomic mass is 32.1. The first-order valence-electron chi connectivity index (χ1n) is 11.4. The number of aliphatic hydroxyl groups is 1.